The van der Waals surface area contributed by atoms with Crippen LogP contribution in [0.1, 0.15) is 72.5 Å². The smallest absolute Gasteiger partial charge is 0.224 e. The number of ether oxygens (including phenoxy) is 4. The van der Waals surface area contributed by atoms with Crippen molar-refractivity contribution in [3.63, 3.8) is 0 Å². The molecule has 4 saturated heterocycles. The third-order valence-electron chi connectivity index (χ3n) is 10.5. The van der Waals surface area contributed by atoms with Gasteiger partial charge in [-0.3, -0.25) is 0 Å². The Balaban J connectivity index is 1.52. The number of furan rings is 1. The molecule has 5 fully saturated rings. The fraction of sp³-hybridized carbons (Fsp3) is 0.778. The number of hydrogen-bond acceptors (Lipinski definition) is 8. The Morgan fingerprint density at radius 3 is 2.40 bits per heavy atom. The Labute approximate surface area is 205 Å². The Morgan fingerprint density at radius 2 is 1.74 bits per heavy atom. The molecule has 2 unspecified atom stereocenters. The zero-order valence-corrected chi connectivity index (χ0v) is 21.2. The minimum absolute atomic E-state index is 0.0706. The molecule has 5 heterocycles. The van der Waals surface area contributed by atoms with Gasteiger partial charge >= 0.3 is 0 Å². The maximum absolute atomic E-state index is 12.5. The van der Waals surface area contributed by atoms with Gasteiger partial charge in [0.05, 0.1) is 18.6 Å². The van der Waals surface area contributed by atoms with Crippen molar-refractivity contribution in [2.75, 3.05) is 0 Å². The van der Waals surface area contributed by atoms with Crippen LogP contribution >= 0.6 is 0 Å². The van der Waals surface area contributed by atoms with Gasteiger partial charge in [0.15, 0.2) is 22.8 Å². The number of fused-ring (bicyclic) bond motifs is 1. The lowest BCUT2D eigenvalue weighted by atomic mass is 9.47. The highest BCUT2D eigenvalue weighted by Gasteiger charge is 2.92. The van der Waals surface area contributed by atoms with Crippen molar-refractivity contribution in [2.24, 2.45) is 22.7 Å². The van der Waals surface area contributed by atoms with Crippen molar-refractivity contribution in [3.05, 3.63) is 35.8 Å². The highest BCUT2D eigenvalue weighted by molar-refractivity contribution is 5.42. The average Bonchev–Trinajstić information content (AvgIpc) is 3.36. The first kappa shape index (κ1) is 22.9. The molecule has 0 radical (unpaired) electrons. The molecule has 0 aromatic carbocycles. The summed E-state index contributed by atoms with van der Waals surface area (Å²) in [6, 6.07) is 1.90. The van der Waals surface area contributed by atoms with Crippen LogP contribution in [-0.4, -0.2) is 56.1 Å². The summed E-state index contributed by atoms with van der Waals surface area (Å²) >= 11 is 0. The summed E-state index contributed by atoms with van der Waals surface area (Å²) in [5, 5.41) is 37.0. The van der Waals surface area contributed by atoms with Crippen LogP contribution in [0.15, 0.2) is 34.7 Å². The van der Waals surface area contributed by atoms with E-state index in [9.17, 15) is 15.3 Å². The first-order valence-electron chi connectivity index (χ1n) is 12.8. The van der Waals surface area contributed by atoms with E-state index in [1.54, 1.807) is 19.5 Å². The zero-order chi connectivity index (χ0) is 25.0. The quantitative estimate of drug-likeness (QED) is 0.545. The molecule has 192 valence electrons. The molecule has 1 aromatic rings. The number of hydrogen-bond donors (Lipinski definition) is 3. The van der Waals surface area contributed by atoms with E-state index in [1.807, 2.05) is 39.8 Å². The van der Waals surface area contributed by atoms with Gasteiger partial charge in [0.2, 0.25) is 5.79 Å². The Morgan fingerprint density at radius 1 is 1.00 bits per heavy atom. The molecule has 2 aliphatic carbocycles. The molecule has 10 atom stereocenters. The predicted molar refractivity (Wildman–Crippen MR) is 122 cm³/mol. The van der Waals surface area contributed by atoms with Gasteiger partial charge in [0.25, 0.3) is 0 Å². The summed E-state index contributed by atoms with van der Waals surface area (Å²) < 4.78 is 32.4. The van der Waals surface area contributed by atoms with Crippen LogP contribution in [0.5, 0.6) is 0 Å². The molecule has 7 rings (SSSR count). The Bertz CT molecular complexity index is 1130. The van der Waals surface area contributed by atoms with Crippen molar-refractivity contribution in [1.29, 1.82) is 0 Å². The molecule has 0 amide bonds. The van der Waals surface area contributed by atoms with Crippen molar-refractivity contribution in [2.45, 2.75) is 108 Å². The normalized spacial score (nSPS) is 57.3. The van der Waals surface area contributed by atoms with Gasteiger partial charge in [0.1, 0.15) is 12.2 Å². The molecule has 4 aliphatic heterocycles. The summed E-state index contributed by atoms with van der Waals surface area (Å²) in [7, 11) is 0. The van der Waals surface area contributed by atoms with E-state index in [-0.39, 0.29) is 24.4 Å². The lowest BCUT2D eigenvalue weighted by molar-refractivity contribution is -0.496. The standard InChI is InChI=1S/C27H36O8/c1-14(2)23-12-17-22(6,18(32-23)16-7-10-31-13-16)8-9-24(28)26(17)20(33-23)25(29)19(34-24)21(4,5)11-15(3)27(25,30)35-26/h7,10-11,13-14,17-20,28-30H,8-9,12H2,1-6H3/t17?,18?,19-,20-,22-,23-,24+,25+,26-,27-/m1/s1. The second-order valence-electron chi connectivity index (χ2n) is 13.1. The summed E-state index contributed by atoms with van der Waals surface area (Å²) in [5.74, 6) is -5.27. The summed E-state index contributed by atoms with van der Waals surface area (Å²) in [4.78, 5) is 0. The lowest BCUT2D eigenvalue weighted by Gasteiger charge is -2.72. The van der Waals surface area contributed by atoms with Crippen LogP contribution in [0.4, 0.5) is 0 Å². The second-order valence-corrected chi connectivity index (χ2v) is 13.1. The molecule has 1 aromatic heterocycles. The number of rotatable bonds is 2. The first-order chi connectivity index (χ1) is 16.2. The molecule has 1 saturated carbocycles. The van der Waals surface area contributed by atoms with E-state index in [0.717, 1.165) is 5.56 Å². The van der Waals surface area contributed by atoms with E-state index < -0.39 is 51.6 Å². The van der Waals surface area contributed by atoms with E-state index in [2.05, 4.69) is 6.92 Å². The maximum Gasteiger partial charge on any atom is 0.224 e. The predicted octanol–water partition coefficient (Wildman–Crippen LogP) is 3.17. The molecular weight excluding hydrogens is 452 g/mol. The van der Waals surface area contributed by atoms with E-state index >= 15 is 0 Å². The van der Waals surface area contributed by atoms with Crippen molar-refractivity contribution in [3.8, 4) is 0 Å². The summed E-state index contributed by atoms with van der Waals surface area (Å²) in [6.07, 6.45) is 4.12. The molecule has 8 heteroatoms. The minimum atomic E-state index is -2.07. The van der Waals surface area contributed by atoms with Crippen molar-refractivity contribution < 1.29 is 38.7 Å². The van der Waals surface area contributed by atoms with Crippen LogP contribution in [0.3, 0.4) is 0 Å². The van der Waals surface area contributed by atoms with Crippen LogP contribution in [-0.2, 0) is 18.9 Å². The van der Waals surface area contributed by atoms with Gasteiger partial charge in [-0.25, -0.2) is 0 Å². The molecule has 3 N–H and O–H groups in total. The Hall–Kier alpha value is -1.26. The van der Waals surface area contributed by atoms with Gasteiger partial charge in [-0.05, 0) is 25.0 Å². The maximum atomic E-state index is 12.5. The van der Waals surface area contributed by atoms with E-state index in [0.29, 0.717) is 18.4 Å². The molecule has 4 bridgehead atoms. The van der Waals surface area contributed by atoms with Gasteiger partial charge in [-0.1, -0.05) is 40.7 Å². The molecule has 35 heavy (non-hydrogen) atoms. The highest BCUT2D eigenvalue weighted by atomic mass is 16.8. The average molecular weight is 489 g/mol. The topological polar surface area (TPSA) is 111 Å². The van der Waals surface area contributed by atoms with E-state index in [4.69, 9.17) is 23.4 Å². The first-order valence-corrected chi connectivity index (χ1v) is 12.8. The third-order valence-corrected chi connectivity index (χ3v) is 10.5. The summed E-state index contributed by atoms with van der Waals surface area (Å²) in [5.41, 5.74) is -3.23. The fourth-order valence-corrected chi connectivity index (χ4v) is 8.79. The van der Waals surface area contributed by atoms with Crippen LogP contribution in [0, 0.1) is 22.7 Å². The van der Waals surface area contributed by atoms with Gasteiger partial charge in [0, 0.05) is 41.1 Å². The summed E-state index contributed by atoms with van der Waals surface area (Å²) in [6.45, 7) is 11.9. The molecule has 1 spiro atoms. The molecule has 6 aliphatic rings. The van der Waals surface area contributed by atoms with Crippen LogP contribution in [0.2, 0.25) is 0 Å². The Kier molecular flexibility index (Phi) is 3.97. The van der Waals surface area contributed by atoms with Crippen molar-refractivity contribution in [1.82, 2.24) is 0 Å². The lowest BCUT2D eigenvalue weighted by Crippen LogP contribution is -2.86. The minimum Gasteiger partial charge on any atom is -0.472 e. The van der Waals surface area contributed by atoms with Gasteiger partial charge < -0.3 is 38.7 Å². The van der Waals surface area contributed by atoms with Gasteiger partial charge in [-0.15, -0.1) is 0 Å². The SMILES string of the molecule is CC1=CC(C)(C)[C@H]2O[C@@]3(O)CC[C@@]4(C)C(c5ccoc5)O[C@]5(C(C)C)CC4[C@]34O[C@@]1(O)[C@@]2(O)[C@H]4O5. The third kappa shape index (κ3) is 2.16. The highest BCUT2D eigenvalue weighted by Crippen LogP contribution is 2.77. The van der Waals surface area contributed by atoms with E-state index in [1.165, 1.54) is 0 Å². The molecular formula is C27H36O8. The van der Waals surface area contributed by atoms with Crippen LogP contribution in [0.25, 0.3) is 0 Å². The largest absolute Gasteiger partial charge is 0.472 e. The van der Waals surface area contributed by atoms with Gasteiger partial charge in [-0.2, -0.15) is 0 Å². The monoisotopic (exact) mass is 488 g/mol. The number of aliphatic hydroxyl groups is 3. The van der Waals surface area contributed by atoms with Crippen LogP contribution < -0.4 is 0 Å². The zero-order valence-electron chi connectivity index (χ0n) is 21.2. The molecule has 8 nitrogen and oxygen atoms in total. The fourth-order valence-electron chi connectivity index (χ4n) is 8.79. The second kappa shape index (κ2) is 6.07. The van der Waals surface area contributed by atoms with Crippen molar-refractivity contribution >= 4 is 0 Å².